The van der Waals surface area contributed by atoms with Crippen molar-refractivity contribution in [1.82, 2.24) is 15.3 Å². The van der Waals surface area contributed by atoms with Crippen LogP contribution in [-0.4, -0.2) is 28.8 Å². The molecule has 118 valence electrons. The van der Waals surface area contributed by atoms with Crippen LogP contribution in [-0.2, 0) is 4.79 Å². The number of hydrogen-bond acceptors (Lipinski definition) is 5. The zero-order valence-corrected chi connectivity index (χ0v) is 13.6. The minimum atomic E-state index is -0.232. The summed E-state index contributed by atoms with van der Waals surface area (Å²) >= 11 is 0. The maximum Gasteiger partial charge on any atom is 0.158 e. The number of nitrogens with one attached hydrogen (secondary N) is 2. The molecule has 5 nitrogen and oxygen atoms in total. The van der Waals surface area contributed by atoms with Crippen molar-refractivity contribution in [3.8, 4) is 0 Å². The average molecular weight is 308 g/mol. The first-order valence-corrected chi connectivity index (χ1v) is 7.74. The molecule has 0 aliphatic carbocycles. The Labute approximate surface area is 135 Å². The van der Waals surface area contributed by atoms with E-state index in [4.69, 9.17) is 0 Å². The molecular weight excluding hydrogens is 288 g/mol. The molecule has 0 saturated carbocycles. The van der Waals surface area contributed by atoms with Crippen LogP contribution < -0.4 is 10.6 Å². The highest BCUT2D eigenvalue weighted by Gasteiger charge is 2.19. The topological polar surface area (TPSA) is 66.9 Å². The van der Waals surface area contributed by atoms with Crippen LogP contribution in [0, 0.1) is 0 Å². The average Bonchev–Trinajstić information content (AvgIpc) is 2.60. The van der Waals surface area contributed by atoms with E-state index < -0.39 is 0 Å². The quantitative estimate of drug-likeness (QED) is 0.909. The van der Waals surface area contributed by atoms with Gasteiger partial charge in [0, 0.05) is 48.4 Å². The number of nitrogens with zero attached hydrogens (tertiary/aromatic N) is 2. The van der Waals surface area contributed by atoms with E-state index in [0.29, 0.717) is 6.42 Å². The second kappa shape index (κ2) is 6.20. The van der Waals surface area contributed by atoms with Crippen molar-refractivity contribution in [3.05, 3.63) is 48.1 Å². The number of fused-ring (bicyclic) bond motifs is 1. The van der Waals surface area contributed by atoms with E-state index in [1.807, 2.05) is 57.7 Å². The fraction of sp³-hybridized carbons (Fsp3) is 0.278. The van der Waals surface area contributed by atoms with Crippen molar-refractivity contribution in [2.45, 2.75) is 26.3 Å². The van der Waals surface area contributed by atoms with E-state index in [2.05, 4.69) is 20.6 Å². The summed E-state index contributed by atoms with van der Waals surface area (Å²) in [5, 5.41) is 8.26. The lowest BCUT2D eigenvalue weighted by Crippen LogP contribution is -2.33. The van der Waals surface area contributed by atoms with Crippen LogP contribution in [0.4, 0.5) is 5.82 Å². The zero-order valence-electron chi connectivity index (χ0n) is 13.6. The van der Waals surface area contributed by atoms with Gasteiger partial charge in [-0.25, -0.2) is 4.98 Å². The second-order valence-corrected chi connectivity index (χ2v) is 5.61. The third-order valence-electron chi connectivity index (χ3n) is 4.08. The molecule has 5 heteroatoms. The molecule has 1 atom stereocenters. The Morgan fingerprint density at radius 1 is 1.26 bits per heavy atom. The van der Waals surface area contributed by atoms with Gasteiger partial charge in [0.05, 0.1) is 5.69 Å². The van der Waals surface area contributed by atoms with Gasteiger partial charge in [-0.05, 0) is 24.6 Å². The lowest BCUT2D eigenvalue weighted by atomic mass is 9.96. The van der Waals surface area contributed by atoms with Gasteiger partial charge in [0.2, 0.25) is 0 Å². The number of Topliss-reactive ketones (excluding diaryl/α,β-unsaturated/α-hetero) is 1. The number of carbonyl (C=O) groups is 1. The van der Waals surface area contributed by atoms with Crippen LogP contribution in [0.1, 0.15) is 26.0 Å². The van der Waals surface area contributed by atoms with Gasteiger partial charge in [0.15, 0.2) is 5.78 Å². The van der Waals surface area contributed by atoms with E-state index in [-0.39, 0.29) is 11.8 Å². The number of aromatic nitrogens is 2. The third-order valence-corrected chi connectivity index (χ3v) is 4.08. The maximum absolute atomic E-state index is 11.8. The second-order valence-electron chi connectivity index (χ2n) is 5.61. The summed E-state index contributed by atoms with van der Waals surface area (Å²) in [5.41, 5.74) is 2.94. The van der Waals surface area contributed by atoms with Crippen molar-refractivity contribution in [2.75, 3.05) is 12.4 Å². The first kappa shape index (κ1) is 15.2. The number of allylic oxidation sites excluding steroid dienone is 2. The first-order chi connectivity index (χ1) is 11.1. The smallest absolute Gasteiger partial charge is 0.158 e. The van der Waals surface area contributed by atoms with Crippen molar-refractivity contribution >= 4 is 27.9 Å². The van der Waals surface area contributed by atoms with Crippen LogP contribution in [0.15, 0.2) is 42.4 Å². The Hall–Kier alpha value is -2.69. The van der Waals surface area contributed by atoms with Crippen LogP contribution in [0.2, 0.25) is 0 Å². The minimum absolute atomic E-state index is 0.190. The molecule has 2 aromatic heterocycles. The summed E-state index contributed by atoms with van der Waals surface area (Å²) in [4.78, 5) is 20.7. The zero-order chi connectivity index (χ0) is 16.4. The Morgan fingerprint density at radius 3 is 2.70 bits per heavy atom. The molecule has 3 heterocycles. The lowest BCUT2D eigenvalue weighted by molar-refractivity contribution is -0.119. The van der Waals surface area contributed by atoms with Gasteiger partial charge in [-0.15, -0.1) is 0 Å². The molecule has 2 N–H and O–H groups in total. The number of carbonyl (C=O) groups excluding carboxylic acids is 1. The molecule has 1 unspecified atom stereocenters. The molecule has 1 aliphatic rings. The predicted molar refractivity (Wildman–Crippen MR) is 93.0 cm³/mol. The summed E-state index contributed by atoms with van der Waals surface area (Å²) in [6.45, 7) is 3.89. The van der Waals surface area contributed by atoms with Gasteiger partial charge in [0.1, 0.15) is 11.9 Å². The van der Waals surface area contributed by atoms with E-state index in [0.717, 1.165) is 33.4 Å². The monoisotopic (exact) mass is 308 g/mol. The van der Waals surface area contributed by atoms with Gasteiger partial charge >= 0.3 is 0 Å². The molecule has 0 radical (unpaired) electrons. The molecule has 0 saturated heterocycles. The molecule has 0 fully saturated rings. The molecule has 2 aromatic rings. The molecule has 0 aromatic carbocycles. The van der Waals surface area contributed by atoms with Gasteiger partial charge in [-0.2, -0.15) is 0 Å². The number of anilines is 1. The van der Waals surface area contributed by atoms with Crippen molar-refractivity contribution in [2.24, 2.45) is 0 Å². The molecule has 3 rings (SSSR count). The first-order valence-electron chi connectivity index (χ1n) is 7.74. The largest absolute Gasteiger partial charge is 0.378 e. The van der Waals surface area contributed by atoms with Gasteiger partial charge in [0.25, 0.3) is 0 Å². The van der Waals surface area contributed by atoms with E-state index in [1.165, 1.54) is 0 Å². The van der Waals surface area contributed by atoms with Gasteiger partial charge < -0.3 is 10.6 Å². The molecule has 1 aliphatic heterocycles. The van der Waals surface area contributed by atoms with E-state index >= 15 is 0 Å². The van der Waals surface area contributed by atoms with Gasteiger partial charge in [-0.1, -0.05) is 13.0 Å². The van der Waals surface area contributed by atoms with Crippen molar-refractivity contribution < 1.29 is 4.79 Å². The highest BCUT2D eigenvalue weighted by atomic mass is 16.1. The highest BCUT2D eigenvalue weighted by molar-refractivity contribution is 5.91. The number of dihydropyridines is 1. The van der Waals surface area contributed by atoms with Crippen LogP contribution in [0.5, 0.6) is 0 Å². The fourth-order valence-electron chi connectivity index (χ4n) is 2.68. The van der Waals surface area contributed by atoms with Crippen LogP contribution in [0.3, 0.4) is 0 Å². The molecular formula is C18H20N4O. The molecule has 0 spiro atoms. The summed E-state index contributed by atoms with van der Waals surface area (Å²) in [6.07, 6.45) is 8.07. The molecule has 23 heavy (non-hydrogen) atoms. The Balaban J connectivity index is 1.93. The Morgan fingerprint density at radius 2 is 2.00 bits per heavy atom. The predicted octanol–water partition coefficient (Wildman–Crippen LogP) is 2.91. The highest BCUT2D eigenvalue weighted by Crippen LogP contribution is 2.26. The fourth-order valence-corrected chi connectivity index (χ4v) is 2.68. The number of hydrogen-bond donors (Lipinski definition) is 2. The summed E-state index contributed by atoms with van der Waals surface area (Å²) in [7, 11) is 1.84. The Kier molecular flexibility index (Phi) is 4.10. The van der Waals surface area contributed by atoms with Crippen molar-refractivity contribution in [3.63, 3.8) is 0 Å². The standard InChI is InChI=1S/C18H20N4O/c1-4-17(23)16-5-11(2)14(10-21-16)15-6-12-9-22-18(19-3)7-13(12)8-20-15/h5-10,16,21H,4H2,1-3H3,(H,19,22). The van der Waals surface area contributed by atoms with Crippen LogP contribution >= 0.6 is 0 Å². The Bertz CT molecular complexity index is 823. The number of rotatable bonds is 4. The number of ketones is 1. The van der Waals surface area contributed by atoms with E-state index in [9.17, 15) is 4.79 Å². The lowest BCUT2D eigenvalue weighted by Gasteiger charge is -2.20. The van der Waals surface area contributed by atoms with Crippen molar-refractivity contribution in [1.29, 1.82) is 0 Å². The minimum Gasteiger partial charge on any atom is -0.378 e. The number of pyridine rings is 2. The SMILES string of the molecule is CCC(=O)C1C=C(C)C(c2cc3cnc(NC)cc3cn2)=CN1. The molecule has 0 amide bonds. The summed E-state index contributed by atoms with van der Waals surface area (Å²) in [5.74, 6) is 1.01. The molecule has 0 bridgehead atoms. The van der Waals surface area contributed by atoms with E-state index in [1.54, 1.807) is 0 Å². The summed E-state index contributed by atoms with van der Waals surface area (Å²) < 4.78 is 0. The normalized spacial score (nSPS) is 17.3. The summed E-state index contributed by atoms with van der Waals surface area (Å²) in [6, 6.07) is 3.76. The maximum atomic E-state index is 11.8. The van der Waals surface area contributed by atoms with Gasteiger partial charge in [-0.3, -0.25) is 9.78 Å². The third kappa shape index (κ3) is 2.95. The van der Waals surface area contributed by atoms with Crippen LogP contribution in [0.25, 0.3) is 16.3 Å².